The Balaban J connectivity index is 1.99. The Morgan fingerprint density at radius 1 is 0.657 bits per heavy atom. The van der Waals surface area contributed by atoms with Crippen LogP contribution in [0.4, 0.5) is 0 Å². The number of hydrogen-bond acceptors (Lipinski definition) is 3. The van der Waals surface area contributed by atoms with Gasteiger partial charge in [-0.3, -0.25) is 4.79 Å². The second kappa shape index (κ2) is 11.1. The molecule has 4 rings (SSSR count). The predicted octanol–water partition coefficient (Wildman–Crippen LogP) is 6.68. The van der Waals surface area contributed by atoms with Crippen LogP contribution in [0.25, 0.3) is 33.4 Å². The van der Waals surface area contributed by atoms with Gasteiger partial charge in [0.05, 0.1) is 13.2 Å². The van der Waals surface area contributed by atoms with Gasteiger partial charge in [0.2, 0.25) is 0 Å². The summed E-state index contributed by atoms with van der Waals surface area (Å²) in [6.45, 7) is 0.976. The molecular weight excluding hydrogens is 434 g/mol. The second-order valence-corrected chi connectivity index (χ2v) is 8.68. The standard InChI is InChI=1S/C31H31NO3/c1-32(2)31(33)24-16-14-23(15-17-24)30-28(26-13-9-8-12-25(26)20-34-3)19-18-27(29(30)21-35-4)22-10-6-5-7-11-22/h5-19H,20-21H2,1-4H3. The van der Waals surface area contributed by atoms with E-state index in [1.165, 1.54) is 0 Å². The highest BCUT2D eigenvalue weighted by Gasteiger charge is 2.19. The van der Waals surface area contributed by atoms with Crippen LogP contribution in [-0.4, -0.2) is 39.1 Å². The molecule has 0 radical (unpaired) electrons. The minimum absolute atomic E-state index is 0.0163. The van der Waals surface area contributed by atoms with E-state index in [0.717, 1.165) is 44.5 Å². The fourth-order valence-electron chi connectivity index (χ4n) is 4.49. The summed E-state index contributed by atoms with van der Waals surface area (Å²) >= 11 is 0. The Bertz CT molecular complexity index is 1290. The van der Waals surface area contributed by atoms with Crippen molar-refractivity contribution in [1.29, 1.82) is 0 Å². The largest absolute Gasteiger partial charge is 0.380 e. The number of methoxy groups -OCH3 is 2. The number of carbonyl (C=O) groups is 1. The van der Waals surface area contributed by atoms with Crippen molar-refractivity contribution >= 4 is 5.91 Å². The Hall–Kier alpha value is -3.73. The molecule has 0 saturated heterocycles. The van der Waals surface area contributed by atoms with E-state index < -0.39 is 0 Å². The van der Waals surface area contributed by atoms with Crippen molar-refractivity contribution in [3.05, 3.63) is 108 Å². The molecule has 0 N–H and O–H groups in total. The first-order valence-electron chi connectivity index (χ1n) is 11.6. The lowest BCUT2D eigenvalue weighted by atomic mass is 9.84. The van der Waals surface area contributed by atoms with Crippen molar-refractivity contribution in [3.8, 4) is 33.4 Å². The molecular formula is C31H31NO3. The van der Waals surface area contributed by atoms with Crippen LogP contribution in [0.2, 0.25) is 0 Å². The van der Waals surface area contributed by atoms with Gasteiger partial charge >= 0.3 is 0 Å². The van der Waals surface area contributed by atoms with E-state index in [4.69, 9.17) is 9.47 Å². The molecule has 0 atom stereocenters. The average molecular weight is 466 g/mol. The fourth-order valence-corrected chi connectivity index (χ4v) is 4.49. The molecule has 35 heavy (non-hydrogen) atoms. The first-order valence-corrected chi connectivity index (χ1v) is 11.6. The molecule has 0 spiro atoms. The number of amides is 1. The molecule has 0 aliphatic rings. The van der Waals surface area contributed by atoms with E-state index in [1.807, 2.05) is 36.4 Å². The maximum Gasteiger partial charge on any atom is 0.253 e. The quantitative estimate of drug-likeness (QED) is 0.291. The van der Waals surface area contributed by atoms with Crippen LogP contribution < -0.4 is 0 Å². The molecule has 4 aromatic rings. The second-order valence-electron chi connectivity index (χ2n) is 8.68. The van der Waals surface area contributed by atoms with E-state index in [-0.39, 0.29) is 5.91 Å². The summed E-state index contributed by atoms with van der Waals surface area (Å²) in [4.78, 5) is 14.1. The molecule has 0 bridgehead atoms. The Labute approximate surface area is 207 Å². The molecule has 4 heteroatoms. The van der Waals surface area contributed by atoms with Gasteiger partial charge in [-0.2, -0.15) is 0 Å². The zero-order valence-electron chi connectivity index (χ0n) is 20.7. The van der Waals surface area contributed by atoms with Gasteiger partial charge in [-0.05, 0) is 56.6 Å². The SMILES string of the molecule is COCc1ccccc1-c1ccc(-c2ccccc2)c(COC)c1-c1ccc(C(=O)N(C)C)cc1. The van der Waals surface area contributed by atoms with Crippen LogP contribution in [0.5, 0.6) is 0 Å². The molecule has 4 nitrogen and oxygen atoms in total. The molecule has 0 heterocycles. The third kappa shape index (κ3) is 5.19. The zero-order chi connectivity index (χ0) is 24.8. The molecule has 0 unspecified atom stereocenters. The van der Waals surface area contributed by atoms with Crippen LogP contribution >= 0.6 is 0 Å². The highest BCUT2D eigenvalue weighted by atomic mass is 16.5. The van der Waals surface area contributed by atoms with Crippen LogP contribution in [0, 0.1) is 0 Å². The molecule has 0 aromatic heterocycles. The van der Waals surface area contributed by atoms with Crippen molar-refractivity contribution in [2.45, 2.75) is 13.2 Å². The number of rotatable bonds is 8. The fraction of sp³-hybridized carbons (Fsp3) is 0.194. The minimum Gasteiger partial charge on any atom is -0.380 e. The first-order chi connectivity index (χ1) is 17.0. The van der Waals surface area contributed by atoms with Crippen molar-refractivity contribution in [3.63, 3.8) is 0 Å². The monoisotopic (exact) mass is 465 g/mol. The van der Waals surface area contributed by atoms with Crippen molar-refractivity contribution < 1.29 is 14.3 Å². The van der Waals surface area contributed by atoms with E-state index in [0.29, 0.717) is 18.8 Å². The Morgan fingerprint density at radius 3 is 1.94 bits per heavy atom. The lowest BCUT2D eigenvalue weighted by Crippen LogP contribution is -2.21. The van der Waals surface area contributed by atoms with E-state index in [9.17, 15) is 4.79 Å². The number of nitrogens with zero attached hydrogens (tertiary/aromatic N) is 1. The molecule has 0 saturated carbocycles. The normalized spacial score (nSPS) is 10.9. The Kier molecular flexibility index (Phi) is 7.76. The van der Waals surface area contributed by atoms with E-state index in [2.05, 4.69) is 54.6 Å². The number of ether oxygens (including phenoxy) is 2. The van der Waals surface area contributed by atoms with Gasteiger partial charge in [0.1, 0.15) is 0 Å². The van der Waals surface area contributed by atoms with Gasteiger partial charge in [-0.15, -0.1) is 0 Å². The maximum absolute atomic E-state index is 12.5. The number of benzene rings is 4. The van der Waals surface area contributed by atoms with E-state index in [1.54, 1.807) is 33.2 Å². The Morgan fingerprint density at radius 2 is 1.29 bits per heavy atom. The first kappa shape index (κ1) is 24.4. The average Bonchev–Trinajstić information content (AvgIpc) is 2.89. The summed E-state index contributed by atoms with van der Waals surface area (Å²) in [6, 6.07) is 30.9. The minimum atomic E-state index is -0.0163. The maximum atomic E-state index is 12.5. The molecule has 4 aromatic carbocycles. The van der Waals surface area contributed by atoms with Crippen molar-refractivity contribution in [1.82, 2.24) is 4.90 Å². The van der Waals surface area contributed by atoms with Gasteiger partial charge in [0.15, 0.2) is 0 Å². The summed E-state index contributed by atoms with van der Waals surface area (Å²) in [5.41, 5.74) is 9.51. The van der Waals surface area contributed by atoms with Gasteiger partial charge in [0, 0.05) is 33.9 Å². The van der Waals surface area contributed by atoms with Gasteiger partial charge in [0.25, 0.3) is 5.91 Å². The third-order valence-electron chi connectivity index (χ3n) is 6.12. The molecule has 0 aliphatic carbocycles. The molecule has 178 valence electrons. The topological polar surface area (TPSA) is 38.8 Å². The van der Waals surface area contributed by atoms with Crippen LogP contribution in [0.15, 0.2) is 91.0 Å². The number of hydrogen-bond donors (Lipinski definition) is 0. The predicted molar refractivity (Wildman–Crippen MR) is 142 cm³/mol. The number of carbonyl (C=O) groups excluding carboxylic acids is 1. The lowest BCUT2D eigenvalue weighted by Gasteiger charge is -2.21. The highest BCUT2D eigenvalue weighted by molar-refractivity contribution is 5.96. The van der Waals surface area contributed by atoms with Crippen LogP contribution in [-0.2, 0) is 22.7 Å². The van der Waals surface area contributed by atoms with Gasteiger partial charge in [-0.25, -0.2) is 0 Å². The van der Waals surface area contributed by atoms with Gasteiger partial charge in [-0.1, -0.05) is 78.9 Å². The van der Waals surface area contributed by atoms with E-state index >= 15 is 0 Å². The van der Waals surface area contributed by atoms with Gasteiger partial charge < -0.3 is 14.4 Å². The zero-order valence-corrected chi connectivity index (χ0v) is 20.7. The van der Waals surface area contributed by atoms with Crippen molar-refractivity contribution in [2.75, 3.05) is 28.3 Å². The molecule has 1 amide bonds. The van der Waals surface area contributed by atoms with Crippen molar-refractivity contribution in [2.24, 2.45) is 0 Å². The summed E-state index contributed by atoms with van der Waals surface area (Å²) in [6.07, 6.45) is 0. The molecule has 0 fully saturated rings. The molecule has 0 aliphatic heterocycles. The summed E-state index contributed by atoms with van der Waals surface area (Å²) in [5.74, 6) is -0.0163. The smallest absolute Gasteiger partial charge is 0.253 e. The summed E-state index contributed by atoms with van der Waals surface area (Å²) in [7, 11) is 6.97. The highest BCUT2D eigenvalue weighted by Crippen LogP contribution is 2.41. The summed E-state index contributed by atoms with van der Waals surface area (Å²) in [5, 5.41) is 0. The lowest BCUT2D eigenvalue weighted by molar-refractivity contribution is 0.0827. The van der Waals surface area contributed by atoms with Crippen LogP contribution in [0.3, 0.4) is 0 Å². The van der Waals surface area contributed by atoms with Crippen LogP contribution in [0.1, 0.15) is 21.5 Å². The third-order valence-corrected chi connectivity index (χ3v) is 6.12. The summed E-state index contributed by atoms with van der Waals surface area (Å²) < 4.78 is 11.2.